The Morgan fingerprint density at radius 3 is 2.83 bits per heavy atom. The van der Waals surface area contributed by atoms with Crippen LogP contribution in [0.2, 0.25) is 0 Å². The number of pyridine rings is 1. The molecule has 4 aromatic heterocycles. The molecule has 0 saturated heterocycles. The monoisotopic (exact) mass is 412 g/mol. The molecule has 0 amide bonds. The van der Waals surface area contributed by atoms with Crippen LogP contribution in [0.4, 0.5) is 0 Å². The lowest BCUT2D eigenvalue weighted by atomic mass is 10.1. The average Bonchev–Trinajstić information content (AvgIpc) is 3.39. The van der Waals surface area contributed by atoms with Crippen LogP contribution in [0.3, 0.4) is 0 Å². The van der Waals surface area contributed by atoms with E-state index >= 15 is 0 Å². The number of aryl methyl sites for hydroxylation is 4. The minimum atomic E-state index is -0.499. The van der Waals surface area contributed by atoms with Crippen molar-refractivity contribution in [3.05, 3.63) is 39.0 Å². The van der Waals surface area contributed by atoms with Gasteiger partial charge < -0.3 is 9.26 Å². The van der Waals surface area contributed by atoms with E-state index in [9.17, 15) is 4.79 Å². The molecule has 29 heavy (non-hydrogen) atoms. The Balaban J connectivity index is 1.70. The quantitative estimate of drug-likeness (QED) is 0.442. The summed E-state index contributed by atoms with van der Waals surface area (Å²) in [4.78, 5) is 19.8. The number of esters is 1. The molecule has 0 unspecified atom stereocenters. The molecule has 0 radical (unpaired) electrons. The van der Waals surface area contributed by atoms with Gasteiger partial charge >= 0.3 is 5.97 Å². The maximum Gasteiger partial charge on any atom is 0.339 e. The van der Waals surface area contributed by atoms with Gasteiger partial charge in [-0.2, -0.15) is 0 Å². The number of rotatable bonds is 6. The predicted molar refractivity (Wildman–Crippen MR) is 107 cm³/mol. The summed E-state index contributed by atoms with van der Waals surface area (Å²) in [5, 5.41) is 16.0. The molecule has 0 aliphatic heterocycles. The second-order valence-electron chi connectivity index (χ2n) is 6.72. The van der Waals surface area contributed by atoms with Gasteiger partial charge in [-0.3, -0.25) is 0 Å². The largest absolute Gasteiger partial charge is 0.454 e. The first kappa shape index (κ1) is 19.2. The predicted octanol–water partition coefficient (Wildman–Crippen LogP) is 3.63. The first-order valence-corrected chi connectivity index (χ1v) is 10.1. The van der Waals surface area contributed by atoms with E-state index in [-0.39, 0.29) is 6.61 Å². The number of nitrogens with zero attached hydrogens (tertiary/aromatic N) is 6. The summed E-state index contributed by atoms with van der Waals surface area (Å²) >= 11 is 1.68. The van der Waals surface area contributed by atoms with E-state index < -0.39 is 5.97 Å². The summed E-state index contributed by atoms with van der Waals surface area (Å²) in [5.41, 5.74) is 2.87. The third-order valence-electron chi connectivity index (χ3n) is 4.53. The van der Waals surface area contributed by atoms with E-state index in [4.69, 9.17) is 9.26 Å². The summed E-state index contributed by atoms with van der Waals surface area (Å²) in [6.07, 6.45) is 0.875. The van der Waals surface area contributed by atoms with Crippen molar-refractivity contribution in [3.8, 4) is 11.3 Å². The highest BCUT2D eigenvalue weighted by molar-refractivity contribution is 7.12. The number of aromatic nitrogens is 6. The van der Waals surface area contributed by atoms with Crippen LogP contribution in [0, 0.1) is 20.8 Å². The van der Waals surface area contributed by atoms with Crippen molar-refractivity contribution in [1.82, 2.24) is 30.3 Å². The molecule has 4 rings (SSSR count). The van der Waals surface area contributed by atoms with Crippen molar-refractivity contribution >= 4 is 28.4 Å². The van der Waals surface area contributed by atoms with Crippen LogP contribution < -0.4 is 0 Å². The lowest BCUT2D eigenvalue weighted by molar-refractivity contribution is 0.0458. The van der Waals surface area contributed by atoms with Crippen LogP contribution in [-0.2, 0) is 17.9 Å². The molecule has 10 heteroatoms. The lowest BCUT2D eigenvalue weighted by Crippen LogP contribution is -2.11. The molecule has 150 valence electrons. The van der Waals surface area contributed by atoms with Gasteiger partial charge in [0.15, 0.2) is 12.4 Å². The molecule has 9 nitrogen and oxygen atoms in total. The van der Waals surface area contributed by atoms with Gasteiger partial charge in [-0.15, -0.1) is 16.4 Å². The Labute approximate surface area is 170 Å². The maximum atomic E-state index is 13.0. The fraction of sp³-hybridized carbons (Fsp3) is 0.368. The summed E-state index contributed by atoms with van der Waals surface area (Å²) in [7, 11) is 0. The zero-order valence-corrected chi connectivity index (χ0v) is 17.4. The van der Waals surface area contributed by atoms with Crippen LogP contribution in [0.15, 0.2) is 16.7 Å². The van der Waals surface area contributed by atoms with Gasteiger partial charge in [-0.1, -0.05) is 12.1 Å². The van der Waals surface area contributed by atoms with Crippen LogP contribution in [0.1, 0.15) is 45.0 Å². The van der Waals surface area contributed by atoms with Gasteiger partial charge in [0.2, 0.25) is 0 Å². The Bertz CT molecular complexity index is 1190. The van der Waals surface area contributed by atoms with Crippen molar-refractivity contribution < 1.29 is 14.1 Å². The van der Waals surface area contributed by atoms with Crippen LogP contribution in [0.5, 0.6) is 0 Å². The summed E-state index contributed by atoms with van der Waals surface area (Å²) in [6.45, 7) is 8.49. The highest BCUT2D eigenvalue weighted by atomic mass is 32.1. The molecule has 0 aliphatic carbocycles. The fourth-order valence-electron chi connectivity index (χ4n) is 3.20. The molecule has 0 aliphatic rings. The van der Waals surface area contributed by atoms with E-state index in [0.29, 0.717) is 40.4 Å². The Kier molecular flexibility index (Phi) is 5.10. The molecule has 4 aromatic rings. The highest BCUT2D eigenvalue weighted by Crippen LogP contribution is 2.33. The summed E-state index contributed by atoms with van der Waals surface area (Å²) in [6, 6.07) is 3.78. The lowest BCUT2D eigenvalue weighted by Gasteiger charge is -2.08. The molecule has 4 heterocycles. The minimum Gasteiger partial charge on any atom is -0.454 e. The topological polar surface area (TPSA) is 109 Å². The van der Waals surface area contributed by atoms with Crippen molar-refractivity contribution in [3.63, 3.8) is 0 Å². The Morgan fingerprint density at radius 2 is 2.10 bits per heavy atom. The SMILES string of the molecule is CCCn1nnnc1COC(=O)c1cc(-c2cc(C)sc2C)nc2onc(C)c12. The molecule has 0 aromatic carbocycles. The highest BCUT2D eigenvalue weighted by Gasteiger charge is 2.22. The average molecular weight is 412 g/mol. The minimum absolute atomic E-state index is 0.0219. The Hall–Kier alpha value is -3.14. The fourth-order valence-corrected chi connectivity index (χ4v) is 4.13. The second-order valence-corrected chi connectivity index (χ2v) is 8.18. The van der Waals surface area contributed by atoms with Crippen LogP contribution >= 0.6 is 11.3 Å². The summed E-state index contributed by atoms with van der Waals surface area (Å²) in [5.74, 6) is -0.00216. The van der Waals surface area contributed by atoms with Gasteiger partial charge in [0.05, 0.1) is 22.3 Å². The van der Waals surface area contributed by atoms with Crippen molar-refractivity contribution in [2.45, 2.75) is 47.3 Å². The zero-order valence-electron chi connectivity index (χ0n) is 16.6. The number of hydrogen-bond acceptors (Lipinski definition) is 9. The molecule has 0 bridgehead atoms. The molecule has 0 N–H and O–H groups in total. The maximum absolute atomic E-state index is 13.0. The number of hydrogen-bond donors (Lipinski definition) is 0. The first-order valence-electron chi connectivity index (χ1n) is 9.24. The first-order chi connectivity index (χ1) is 14.0. The third-order valence-corrected chi connectivity index (χ3v) is 5.49. The van der Waals surface area contributed by atoms with Gasteiger partial charge in [-0.25, -0.2) is 14.5 Å². The normalized spacial score (nSPS) is 11.3. The number of tetrazole rings is 1. The van der Waals surface area contributed by atoms with Gasteiger partial charge in [0.25, 0.3) is 5.71 Å². The number of carbonyl (C=O) groups excluding carboxylic acids is 1. The van der Waals surface area contributed by atoms with Crippen LogP contribution in [-0.4, -0.2) is 36.3 Å². The van der Waals surface area contributed by atoms with Crippen molar-refractivity contribution in [2.75, 3.05) is 0 Å². The zero-order chi connectivity index (χ0) is 20.5. The third kappa shape index (κ3) is 3.63. The smallest absolute Gasteiger partial charge is 0.339 e. The number of fused-ring (bicyclic) bond motifs is 1. The van der Waals surface area contributed by atoms with Crippen LogP contribution in [0.25, 0.3) is 22.4 Å². The molecular weight excluding hydrogens is 392 g/mol. The van der Waals surface area contributed by atoms with E-state index in [2.05, 4.69) is 25.7 Å². The molecular formula is C19H20N6O3S. The van der Waals surface area contributed by atoms with Gasteiger partial charge in [0, 0.05) is 21.9 Å². The number of ether oxygens (including phenoxy) is 1. The Morgan fingerprint density at radius 1 is 1.28 bits per heavy atom. The van der Waals surface area contributed by atoms with Gasteiger partial charge in [0.1, 0.15) is 0 Å². The van der Waals surface area contributed by atoms with E-state index in [1.165, 1.54) is 4.88 Å². The van der Waals surface area contributed by atoms with E-state index in [1.807, 2.05) is 26.8 Å². The molecule has 0 spiro atoms. The molecule has 0 fully saturated rings. The van der Waals surface area contributed by atoms with E-state index in [0.717, 1.165) is 16.9 Å². The summed E-state index contributed by atoms with van der Waals surface area (Å²) < 4.78 is 12.5. The van der Waals surface area contributed by atoms with E-state index in [1.54, 1.807) is 29.0 Å². The number of thiophene rings is 1. The molecule has 0 saturated carbocycles. The molecule has 0 atom stereocenters. The van der Waals surface area contributed by atoms with Gasteiger partial charge in [-0.05, 0) is 49.8 Å². The standard InChI is InChI=1S/C19H20N6O3S/c1-5-6-25-16(21-23-24-25)9-27-19(26)14-8-15(13-7-10(2)29-12(13)4)20-18-17(14)11(3)22-28-18/h7-8H,5-6,9H2,1-4H3. The van der Waals surface area contributed by atoms with Crippen molar-refractivity contribution in [2.24, 2.45) is 0 Å². The second kappa shape index (κ2) is 7.70. The number of carbonyl (C=O) groups is 1. The van der Waals surface area contributed by atoms with Crippen molar-refractivity contribution in [1.29, 1.82) is 0 Å².